The molecular weight excluding hydrogens is 285 g/mol. The van der Waals surface area contributed by atoms with Crippen molar-refractivity contribution in [1.82, 2.24) is 5.32 Å². The van der Waals surface area contributed by atoms with E-state index >= 15 is 0 Å². The van der Waals surface area contributed by atoms with Crippen molar-refractivity contribution in [3.8, 4) is 0 Å². The predicted molar refractivity (Wildman–Crippen MR) is 67.9 cm³/mol. The lowest BCUT2D eigenvalue weighted by atomic mass is 10.2. The lowest BCUT2D eigenvalue weighted by Crippen LogP contribution is -2.39. The van der Waals surface area contributed by atoms with Gasteiger partial charge in [0.15, 0.2) is 0 Å². The fourth-order valence-corrected chi connectivity index (χ4v) is 2.55. The summed E-state index contributed by atoms with van der Waals surface area (Å²) < 4.78 is 5.48. The summed E-state index contributed by atoms with van der Waals surface area (Å²) in [6.45, 7) is 3.50. The Labute approximate surface area is 113 Å². The van der Waals surface area contributed by atoms with Crippen LogP contribution < -0.4 is 5.32 Å². The van der Waals surface area contributed by atoms with E-state index in [-0.39, 0.29) is 12.2 Å². The van der Waals surface area contributed by atoms with E-state index in [0.717, 1.165) is 11.3 Å². The lowest BCUT2D eigenvalue weighted by molar-refractivity contribution is -0.144. The van der Waals surface area contributed by atoms with Crippen molar-refractivity contribution in [3.63, 3.8) is 0 Å². The van der Waals surface area contributed by atoms with Gasteiger partial charge in [0.2, 0.25) is 0 Å². The van der Waals surface area contributed by atoms with Gasteiger partial charge in [0.25, 0.3) is 5.91 Å². The van der Waals surface area contributed by atoms with Crippen molar-refractivity contribution in [3.05, 3.63) is 20.3 Å². The molecule has 0 radical (unpaired) electrons. The van der Waals surface area contributed by atoms with E-state index in [1.807, 2.05) is 0 Å². The van der Waals surface area contributed by atoms with Crippen LogP contribution in [0.2, 0.25) is 8.67 Å². The average Bonchev–Trinajstić information content (AvgIpc) is 2.58. The number of thiophene rings is 1. The third-order valence-corrected chi connectivity index (χ3v) is 3.38. The molecule has 17 heavy (non-hydrogen) atoms. The quantitative estimate of drug-likeness (QED) is 0.869. The third kappa shape index (κ3) is 3.87. The van der Waals surface area contributed by atoms with Crippen LogP contribution in [0.5, 0.6) is 0 Å². The molecule has 4 nitrogen and oxygen atoms in total. The SMILES string of the molecule is CCOC(=O)[C@@H](C)NC(=O)c1cc(Cl)sc1Cl. The smallest absolute Gasteiger partial charge is 0.328 e. The molecule has 94 valence electrons. The van der Waals surface area contributed by atoms with E-state index in [1.165, 1.54) is 13.0 Å². The van der Waals surface area contributed by atoms with E-state index in [4.69, 9.17) is 27.9 Å². The summed E-state index contributed by atoms with van der Waals surface area (Å²) in [5.41, 5.74) is 0.262. The molecule has 0 aliphatic carbocycles. The summed E-state index contributed by atoms with van der Waals surface area (Å²) in [7, 11) is 0. The van der Waals surface area contributed by atoms with Gasteiger partial charge < -0.3 is 10.1 Å². The van der Waals surface area contributed by atoms with Crippen LogP contribution in [0.15, 0.2) is 6.07 Å². The lowest BCUT2D eigenvalue weighted by Gasteiger charge is -2.11. The maximum Gasteiger partial charge on any atom is 0.328 e. The van der Waals surface area contributed by atoms with E-state index in [0.29, 0.717) is 8.67 Å². The summed E-state index contributed by atoms with van der Waals surface area (Å²) >= 11 is 12.6. The van der Waals surface area contributed by atoms with Gasteiger partial charge in [0.1, 0.15) is 10.4 Å². The molecule has 0 bridgehead atoms. The normalized spacial score (nSPS) is 12.0. The van der Waals surface area contributed by atoms with Gasteiger partial charge in [-0.05, 0) is 19.9 Å². The van der Waals surface area contributed by atoms with Crippen LogP contribution in [0.25, 0.3) is 0 Å². The number of nitrogens with one attached hydrogen (secondary N) is 1. The van der Waals surface area contributed by atoms with Gasteiger partial charge in [-0.2, -0.15) is 0 Å². The van der Waals surface area contributed by atoms with Gasteiger partial charge in [-0.25, -0.2) is 4.79 Å². The third-order valence-electron chi connectivity index (χ3n) is 1.89. The number of ether oxygens (including phenoxy) is 1. The summed E-state index contributed by atoms with van der Waals surface area (Å²) in [4.78, 5) is 23.0. The largest absolute Gasteiger partial charge is 0.464 e. The van der Waals surface area contributed by atoms with Gasteiger partial charge >= 0.3 is 5.97 Å². The first-order chi connectivity index (χ1) is 7.95. The highest BCUT2D eigenvalue weighted by atomic mass is 35.5. The molecule has 1 N–H and O–H groups in total. The predicted octanol–water partition coefficient (Wildman–Crippen LogP) is 2.74. The Kier molecular flexibility index (Phi) is 5.24. The summed E-state index contributed by atoms with van der Waals surface area (Å²) in [6.07, 6.45) is 0. The van der Waals surface area contributed by atoms with E-state index in [2.05, 4.69) is 5.32 Å². The number of carbonyl (C=O) groups is 2. The van der Waals surface area contributed by atoms with Crippen molar-refractivity contribution in [2.45, 2.75) is 19.9 Å². The Morgan fingerprint density at radius 2 is 2.18 bits per heavy atom. The van der Waals surface area contributed by atoms with Gasteiger partial charge in [-0.3, -0.25) is 4.79 Å². The van der Waals surface area contributed by atoms with Crippen LogP contribution in [-0.4, -0.2) is 24.5 Å². The number of carbonyl (C=O) groups excluding carboxylic acids is 2. The van der Waals surface area contributed by atoms with Crippen LogP contribution in [0.4, 0.5) is 0 Å². The van der Waals surface area contributed by atoms with Crippen LogP contribution in [0.3, 0.4) is 0 Å². The van der Waals surface area contributed by atoms with Gasteiger partial charge in [0.05, 0.1) is 16.5 Å². The number of hydrogen-bond donors (Lipinski definition) is 1. The maximum atomic E-state index is 11.7. The second-order valence-electron chi connectivity index (χ2n) is 3.19. The van der Waals surface area contributed by atoms with Crippen LogP contribution in [-0.2, 0) is 9.53 Å². The first kappa shape index (κ1) is 14.3. The van der Waals surface area contributed by atoms with Crippen molar-refractivity contribution in [1.29, 1.82) is 0 Å². The molecule has 0 aliphatic heterocycles. The minimum atomic E-state index is -0.725. The van der Waals surface area contributed by atoms with Gasteiger partial charge in [-0.1, -0.05) is 23.2 Å². The molecule has 0 unspecified atom stereocenters. The Morgan fingerprint density at radius 3 is 2.65 bits per heavy atom. The highest BCUT2D eigenvalue weighted by molar-refractivity contribution is 7.20. The number of rotatable bonds is 4. The topological polar surface area (TPSA) is 55.4 Å². The first-order valence-electron chi connectivity index (χ1n) is 4.88. The fourth-order valence-electron chi connectivity index (χ4n) is 1.10. The van der Waals surface area contributed by atoms with Crippen molar-refractivity contribution in [2.24, 2.45) is 0 Å². The molecule has 0 saturated carbocycles. The number of esters is 1. The monoisotopic (exact) mass is 295 g/mol. The Morgan fingerprint density at radius 1 is 1.53 bits per heavy atom. The molecule has 0 aliphatic rings. The van der Waals surface area contributed by atoms with Crippen molar-refractivity contribution in [2.75, 3.05) is 6.61 Å². The zero-order chi connectivity index (χ0) is 13.0. The maximum absolute atomic E-state index is 11.7. The zero-order valence-corrected chi connectivity index (χ0v) is 11.6. The molecule has 0 saturated heterocycles. The molecular formula is C10H11Cl2NO3S. The van der Waals surface area contributed by atoms with E-state index in [1.54, 1.807) is 6.92 Å². The highest BCUT2D eigenvalue weighted by Crippen LogP contribution is 2.30. The Hall–Kier alpha value is -0.780. The van der Waals surface area contributed by atoms with E-state index < -0.39 is 17.9 Å². The molecule has 1 amide bonds. The Balaban J connectivity index is 2.66. The van der Waals surface area contributed by atoms with Crippen LogP contribution in [0, 0.1) is 0 Å². The number of halogens is 2. The molecule has 0 aromatic carbocycles. The molecule has 1 aromatic heterocycles. The summed E-state index contributed by atoms with van der Waals surface area (Å²) in [5.74, 6) is -0.933. The van der Waals surface area contributed by atoms with Crippen LogP contribution >= 0.6 is 34.5 Å². The minimum absolute atomic E-state index is 0.262. The standard InChI is InChI=1S/C10H11Cl2NO3S/c1-3-16-10(15)5(2)13-9(14)6-4-7(11)17-8(6)12/h4-5H,3H2,1-2H3,(H,13,14)/t5-/m1/s1. The second-order valence-corrected chi connectivity index (χ2v) is 5.47. The molecule has 1 rings (SSSR count). The zero-order valence-electron chi connectivity index (χ0n) is 9.25. The highest BCUT2D eigenvalue weighted by Gasteiger charge is 2.20. The molecule has 1 heterocycles. The first-order valence-corrected chi connectivity index (χ1v) is 6.45. The van der Waals surface area contributed by atoms with Crippen LogP contribution in [0.1, 0.15) is 24.2 Å². The van der Waals surface area contributed by atoms with Crippen molar-refractivity contribution >= 4 is 46.4 Å². The summed E-state index contributed by atoms with van der Waals surface area (Å²) in [5, 5.41) is 2.49. The summed E-state index contributed by atoms with van der Waals surface area (Å²) in [6, 6.07) is 0.735. The van der Waals surface area contributed by atoms with Crippen molar-refractivity contribution < 1.29 is 14.3 Å². The Bertz CT molecular complexity index is 433. The molecule has 7 heteroatoms. The average molecular weight is 296 g/mol. The number of amides is 1. The second kappa shape index (κ2) is 6.23. The molecule has 0 fully saturated rings. The molecule has 0 spiro atoms. The van der Waals surface area contributed by atoms with Gasteiger partial charge in [0, 0.05) is 0 Å². The fraction of sp³-hybridized carbons (Fsp3) is 0.400. The van der Waals surface area contributed by atoms with E-state index in [9.17, 15) is 9.59 Å². The number of hydrogen-bond acceptors (Lipinski definition) is 4. The van der Waals surface area contributed by atoms with Gasteiger partial charge in [-0.15, -0.1) is 11.3 Å². The molecule has 1 aromatic rings. The molecule has 1 atom stereocenters. The minimum Gasteiger partial charge on any atom is -0.464 e.